The van der Waals surface area contributed by atoms with E-state index in [1.807, 2.05) is 27.0 Å². The molecular weight excluding hydrogens is 250 g/mol. The molecule has 0 radical (unpaired) electrons. The molecule has 0 saturated heterocycles. The van der Waals surface area contributed by atoms with Crippen LogP contribution in [0.5, 0.6) is 0 Å². The minimum Gasteiger partial charge on any atom is -0.392 e. The van der Waals surface area contributed by atoms with Gasteiger partial charge in [0.2, 0.25) is 0 Å². The molecule has 5 nitrogen and oxygen atoms in total. The van der Waals surface area contributed by atoms with Crippen molar-refractivity contribution in [2.24, 2.45) is 0 Å². The molecule has 18 heavy (non-hydrogen) atoms. The van der Waals surface area contributed by atoms with E-state index in [4.69, 9.17) is 4.74 Å². The van der Waals surface area contributed by atoms with Crippen molar-refractivity contribution in [1.29, 1.82) is 0 Å². The zero-order valence-electron chi connectivity index (χ0n) is 11.3. The second-order valence-electron chi connectivity index (χ2n) is 3.96. The fraction of sp³-hybridized carbons (Fsp3) is 0.667. The normalized spacial score (nSPS) is 14.3. The van der Waals surface area contributed by atoms with Gasteiger partial charge in [0.1, 0.15) is 17.5 Å². The van der Waals surface area contributed by atoms with Gasteiger partial charge in [0.15, 0.2) is 5.82 Å². The quantitative estimate of drug-likeness (QED) is 0.583. The van der Waals surface area contributed by atoms with Crippen LogP contribution in [0.2, 0.25) is 0 Å². The lowest BCUT2D eigenvalue weighted by Gasteiger charge is -2.14. The van der Waals surface area contributed by atoms with Crippen LogP contribution >= 0.6 is 11.8 Å². The second kappa shape index (κ2) is 7.56. The van der Waals surface area contributed by atoms with E-state index in [2.05, 4.69) is 15.3 Å². The zero-order chi connectivity index (χ0) is 13.5. The highest BCUT2D eigenvalue weighted by molar-refractivity contribution is 7.99. The highest BCUT2D eigenvalue weighted by Gasteiger charge is 2.13. The van der Waals surface area contributed by atoms with E-state index < -0.39 is 0 Å². The molecule has 0 saturated carbocycles. The van der Waals surface area contributed by atoms with Gasteiger partial charge < -0.3 is 15.2 Å². The summed E-state index contributed by atoms with van der Waals surface area (Å²) < 4.78 is 5.32. The zero-order valence-corrected chi connectivity index (χ0v) is 12.1. The summed E-state index contributed by atoms with van der Waals surface area (Å²) in [4.78, 5) is 8.74. The lowest BCUT2D eigenvalue weighted by molar-refractivity contribution is 0.128. The van der Waals surface area contributed by atoms with Gasteiger partial charge in [-0.1, -0.05) is 6.92 Å². The first-order valence-electron chi connectivity index (χ1n) is 6.05. The Balaban J connectivity index is 2.82. The van der Waals surface area contributed by atoms with E-state index in [1.54, 1.807) is 6.92 Å². The maximum atomic E-state index is 9.51. The summed E-state index contributed by atoms with van der Waals surface area (Å²) in [7, 11) is 1.82. The van der Waals surface area contributed by atoms with Crippen molar-refractivity contribution >= 4 is 17.6 Å². The number of aliphatic hydroxyl groups is 1. The predicted molar refractivity (Wildman–Crippen MR) is 73.9 cm³/mol. The average Bonchev–Trinajstić information content (AvgIpc) is 2.35. The van der Waals surface area contributed by atoms with E-state index >= 15 is 0 Å². The molecule has 0 bridgehead atoms. The van der Waals surface area contributed by atoms with E-state index in [9.17, 15) is 5.11 Å². The first-order chi connectivity index (χ1) is 8.56. The number of thioether (sulfide) groups is 1. The molecule has 1 aromatic rings. The van der Waals surface area contributed by atoms with Crippen molar-refractivity contribution in [3.8, 4) is 0 Å². The van der Waals surface area contributed by atoms with E-state index in [1.165, 1.54) is 11.8 Å². The highest BCUT2D eigenvalue weighted by atomic mass is 32.2. The summed E-state index contributed by atoms with van der Waals surface area (Å²) in [5.41, 5.74) is 0. The second-order valence-corrected chi connectivity index (χ2v) is 5.36. The van der Waals surface area contributed by atoms with Gasteiger partial charge in [0.25, 0.3) is 0 Å². The van der Waals surface area contributed by atoms with Crippen LogP contribution in [0.1, 0.15) is 26.6 Å². The Labute approximate surface area is 112 Å². The largest absolute Gasteiger partial charge is 0.392 e. The summed E-state index contributed by atoms with van der Waals surface area (Å²) in [6.45, 7) is 6.73. The molecule has 2 N–H and O–H groups in total. The number of aromatic nitrogens is 2. The molecule has 0 aliphatic rings. The van der Waals surface area contributed by atoms with Gasteiger partial charge >= 0.3 is 0 Å². The summed E-state index contributed by atoms with van der Waals surface area (Å²) in [5.74, 6) is 1.42. The maximum Gasteiger partial charge on any atom is 0.157 e. The Bertz CT molecular complexity index is 374. The minimum atomic E-state index is -0.377. The van der Waals surface area contributed by atoms with Crippen molar-refractivity contribution < 1.29 is 9.84 Å². The van der Waals surface area contributed by atoms with Crippen LogP contribution in [-0.4, -0.2) is 40.1 Å². The predicted octanol–water partition coefficient (Wildman–Crippen LogP) is 1.92. The monoisotopic (exact) mass is 271 g/mol. The minimum absolute atomic E-state index is 0.0875. The number of nitrogens with zero attached hydrogens (tertiary/aromatic N) is 2. The van der Waals surface area contributed by atoms with Gasteiger partial charge in [0, 0.05) is 25.0 Å². The summed E-state index contributed by atoms with van der Waals surface area (Å²) in [6, 6.07) is 1.87. The molecule has 6 heteroatoms. The fourth-order valence-electron chi connectivity index (χ4n) is 1.21. The molecule has 2 atom stereocenters. The molecule has 1 aromatic heterocycles. The van der Waals surface area contributed by atoms with E-state index in [0.717, 1.165) is 10.8 Å². The standard InChI is InChI=1S/C12H21N3O2S/c1-5-17-7-11-14-10(13-4)6-12(15-11)18-9(3)8(2)16/h6,8-9,16H,5,7H2,1-4H3,(H,13,14,15). The smallest absolute Gasteiger partial charge is 0.157 e. The van der Waals surface area contributed by atoms with Crippen LogP contribution < -0.4 is 5.32 Å². The molecule has 1 heterocycles. The Morgan fingerprint density at radius 1 is 1.44 bits per heavy atom. The van der Waals surface area contributed by atoms with Crippen molar-refractivity contribution in [1.82, 2.24) is 9.97 Å². The van der Waals surface area contributed by atoms with Crippen LogP contribution in [0.3, 0.4) is 0 Å². The number of anilines is 1. The van der Waals surface area contributed by atoms with Crippen LogP contribution in [0.15, 0.2) is 11.1 Å². The van der Waals surface area contributed by atoms with Gasteiger partial charge in [-0.25, -0.2) is 9.97 Å². The molecule has 2 unspecified atom stereocenters. The Kier molecular flexibility index (Phi) is 6.38. The van der Waals surface area contributed by atoms with Crippen molar-refractivity contribution in [2.45, 2.75) is 43.8 Å². The van der Waals surface area contributed by atoms with Crippen LogP contribution in [0.25, 0.3) is 0 Å². The molecule has 1 rings (SSSR count). The third-order valence-corrected chi connectivity index (χ3v) is 3.64. The van der Waals surface area contributed by atoms with Crippen LogP contribution in [0.4, 0.5) is 5.82 Å². The topological polar surface area (TPSA) is 67.3 Å². The molecule has 0 aliphatic heterocycles. The van der Waals surface area contributed by atoms with Crippen LogP contribution in [0, 0.1) is 0 Å². The molecule has 0 aromatic carbocycles. The summed E-state index contributed by atoms with van der Waals surface area (Å²) in [6.07, 6.45) is -0.377. The number of hydrogen-bond donors (Lipinski definition) is 2. The van der Waals surface area contributed by atoms with Gasteiger partial charge in [-0.2, -0.15) is 0 Å². The number of ether oxygens (including phenoxy) is 1. The fourth-order valence-corrected chi connectivity index (χ4v) is 2.12. The third-order valence-electron chi connectivity index (χ3n) is 2.43. The summed E-state index contributed by atoms with van der Waals surface area (Å²) >= 11 is 1.53. The van der Waals surface area contributed by atoms with Gasteiger partial charge in [-0.3, -0.25) is 0 Å². The Hall–Kier alpha value is -0.850. The Morgan fingerprint density at radius 3 is 2.72 bits per heavy atom. The number of aliphatic hydroxyl groups excluding tert-OH is 1. The SMILES string of the molecule is CCOCc1nc(NC)cc(SC(C)C(C)O)n1. The Morgan fingerprint density at radius 2 is 2.17 bits per heavy atom. The van der Waals surface area contributed by atoms with Gasteiger partial charge in [-0.15, -0.1) is 11.8 Å². The van der Waals surface area contributed by atoms with Gasteiger partial charge in [0.05, 0.1) is 6.10 Å². The first kappa shape index (κ1) is 15.2. The van der Waals surface area contributed by atoms with Crippen molar-refractivity contribution in [3.05, 3.63) is 11.9 Å². The van der Waals surface area contributed by atoms with E-state index in [-0.39, 0.29) is 11.4 Å². The third kappa shape index (κ3) is 4.80. The molecule has 0 amide bonds. The van der Waals surface area contributed by atoms with Gasteiger partial charge in [-0.05, 0) is 13.8 Å². The molecule has 0 spiro atoms. The lowest BCUT2D eigenvalue weighted by Crippen LogP contribution is -2.15. The number of nitrogens with one attached hydrogen (secondary N) is 1. The van der Waals surface area contributed by atoms with Crippen molar-refractivity contribution in [3.63, 3.8) is 0 Å². The van der Waals surface area contributed by atoms with E-state index in [0.29, 0.717) is 19.0 Å². The maximum absolute atomic E-state index is 9.51. The molecule has 102 valence electrons. The lowest BCUT2D eigenvalue weighted by atomic mass is 10.3. The highest BCUT2D eigenvalue weighted by Crippen LogP contribution is 2.25. The number of hydrogen-bond acceptors (Lipinski definition) is 6. The number of rotatable bonds is 7. The van der Waals surface area contributed by atoms with Crippen molar-refractivity contribution in [2.75, 3.05) is 19.0 Å². The molecular formula is C12H21N3O2S. The average molecular weight is 271 g/mol. The summed E-state index contributed by atoms with van der Waals surface area (Å²) in [5, 5.41) is 13.5. The first-order valence-corrected chi connectivity index (χ1v) is 6.93. The molecule has 0 aliphatic carbocycles. The molecule has 0 fully saturated rings. The van der Waals surface area contributed by atoms with Crippen LogP contribution in [-0.2, 0) is 11.3 Å².